The molecule has 0 spiro atoms. The van der Waals surface area contributed by atoms with Gasteiger partial charge in [0.05, 0.1) is 11.6 Å². The standard InChI is InChI=1S/C19H21N3O2/c1-14-20-8-10-22(14)17-6-4-9-21(12-17)19(23)16-11-15-5-2-3-7-18(15)24-13-16/h2-3,5,7-8,10-11,17H,4,6,9,12-13H2,1H3/t17-/m1/s1. The number of para-hydroxylation sites is 1. The van der Waals surface area contributed by atoms with Gasteiger partial charge in [0.15, 0.2) is 0 Å². The predicted molar refractivity (Wildman–Crippen MR) is 91.7 cm³/mol. The van der Waals surface area contributed by atoms with Gasteiger partial charge in [-0.15, -0.1) is 0 Å². The average Bonchev–Trinajstić information content (AvgIpc) is 3.07. The van der Waals surface area contributed by atoms with Crippen molar-refractivity contribution in [1.82, 2.24) is 14.5 Å². The predicted octanol–water partition coefficient (Wildman–Crippen LogP) is 2.83. The van der Waals surface area contributed by atoms with Crippen LogP contribution >= 0.6 is 0 Å². The SMILES string of the molecule is Cc1nccn1[C@@H]1CCCN(C(=O)C2=Cc3ccccc3OC2)C1. The Labute approximate surface area is 141 Å². The molecule has 1 atom stereocenters. The molecule has 0 radical (unpaired) electrons. The lowest BCUT2D eigenvalue weighted by Gasteiger charge is -2.34. The van der Waals surface area contributed by atoms with Crippen molar-refractivity contribution in [3.05, 3.63) is 53.6 Å². The molecule has 0 unspecified atom stereocenters. The molecule has 1 aromatic carbocycles. The lowest BCUT2D eigenvalue weighted by atomic mass is 10.0. The molecule has 0 aliphatic carbocycles. The number of amides is 1. The minimum Gasteiger partial charge on any atom is -0.488 e. The molecule has 2 aromatic rings. The first-order chi connectivity index (χ1) is 11.7. The first-order valence-electron chi connectivity index (χ1n) is 8.43. The Bertz CT molecular complexity index is 793. The van der Waals surface area contributed by atoms with E-state index in [0.717, 1.165) is 48.6 Å². The van der Waals surface area contributed by atoms with Crippen molar-refractivity contribution in [2.45, 2.75) is 25.8 Å². The normalized spacial score (nSPS) is 20.1. The summed E-state index contributed by atoms with van der Waals surface area (Å²) < 4.78 is 7.92. The molecule has 0 N–H and O–H groups in total. The summed E-state index contributed by atoms with van der Waals surface area (Å²) in [6.45, 7) is 3.90. The van der Waals surface area contributed by atoms with Crippen LogP contribution in [0.1, 0.15) is 30.3 Å². The number of rotatable bonds is 2. The van der Waals surface area contributed by atoms with E-state index in [1.807, 2.05) is 54.6 Å². The zero-order valence-corrected chi connectivity index (χ0v) is 13.8. The quantitative estimate of drug-likeness (QED) is 0.854. The number of aromatic nitrogens is 2. The van der Waals surface area contributed by atoms with Gasteiger partial charge in [-0.05, 0) is 31.9 Å². The minimum absolute atomic E-state index is 0.0898. The van der Waals surface area contributed by atoms with E-state index < -0.39 is 0 Å². The molecule has 1 saturated heterocycles. The van der Waals surface area contributed by atoms with Crippen molar-refractivity contribution in [3.63, 3.8) is 0 Å². The molecule has 1 amide bonds. The zero-order valence-electron chi connectivity index (χ0n) is 13.8. The van der Waals surface area contributed by atoms with Gasteiger partial charge in [0, 0.05) is 31.0 Å². The first-order valence-corrected chi connectivity index (χ1v) is 8.43. The number of ether oxygens (including phenoxy) is 1. The fourth-order valence-corrected chi connectivity index (χ4v) is 3.58. The molecule has 4 rings (SSSR count). The number of hydrogen-bond donors (Lipinski definition) is 0. The summed E-state index contributed by atoms with van der Waals surface area (Å²) in [5.74, 6) is 1.94. The molecule has 2 aliphatic heterocycles. The maximum absolute atomic E-state index is 12.9. The van der Waals surface area contributed by atoms with Crippen molar-refractivity contribution in [2.24, 2.45) is 0 Å². The highest BCUT2D eigenvalue weighted by Crippen LogP contribution is 2.28. The van der Waals surface area contributed by atoms with E-state index in [1.165, 1.54) is 0 Å². The van der Waals surface area contributed by atoms with Crippen LogP contribution in [0.15, 0.2) is 42.2 Å². The Morgan fingerprint density at radius 3 is 3.04 bits per heavy atom. The summed E-state index contributed by atoms with van der Waals surface area (Å²) in [4.78, 5) is 19.2. The maximum Gasteiger partial charge on any atom is 0.253 e. The van der Waals surface area contributed by atoms with Gasteiger partial charge in [0.25, 0.3) is 5.91 Å². The van der Waals surface area contributed by atoms with Crippen LogP contribution in [0, 0.1) is 6.92 Å². The van der Waals surface area contributed by atoms with Gasteiger partial charge < -0.3 is 14.2 Å². The fourth-order valence-electron chi connectivity index (χ4n) is 3.58. The third kappa shape index (κ3) is 2.70. The van der Waals surface area contributed by atoms with Crippen molar-refractivity contribution < 1.29 is 9.53 Å². The van der Waals surface area contributed by atoms with E-state index in [-0.39, 0.29) is 5.91 Å². The van der Waals surface area contributed by atoms with Crippen molar-refractivity contribution in [2.75, 3.05) is 19.7 Å². The summed E-state index contributed by atoms with van der Waals surface area (Å²) >= 11 is 0. The van der Waals surface area contributed by atoms with Crippen LogP contribution in [0.2, 0.25) is 0 Å². The van der Waals surface area contributed by atoms with Gasteiger partial charge in [0.1, 0.15) is 18.2 Å². The second kappa shape index (κ2) is 6.15. The van der Waals surface area contributed by atoms with Crippen LogP contribution < -0.4 is 4.74 Å². The highest BCUT2D eigenvalue weighted by atomic mass is 16.5. The first kappa shape index (κ1) is 15.0. The minimum atomic E-state index is 0.0898. The lowest BCUT2D eigenvalue weighted by Crippen LogP contribution is -2.42. The number of fused-ring (bicyclic) bond motifs is 1. The third-order valence-electron chi connectivity index (χ3n) is 4.85. The van der Waals surface area contributed by atoms with Crippen LogP contribution in [0.3, 0.4) is 0 Å². The number of benzene rings is 1. The lowest BCUT2D eigenvalue weighted by molar-refractivity contribution is -0.129. The Morgan fingerprint density at radius 1 is 1.33 bits per heavy atom. The van der Waals surface area contributed by atoms with Crippen molar-refractivity contribution >= 4 is 12.0 Å². The number of likely N-dealkylation sites (tertiary alicyclic amines) is 1. The number of hydrogen-bond acceptors (Lipinski definition) is 3. The molecule has 5 heteroatoms. The number of aryl methyl sites for hydroxylation is 1. The Morgan fingerprint density at radius 2 is 2.21 bits per heavy atom. The number of carbonyl (C=O) groups is 1. The second-order valence-electron chi connectivity index (χ2n) is 6.43. The summed E-state index contributed by atoms with van der Waals surface area (Å²) in [6, 6.07) is 8.14. The Hall–Kier alpha value is -2.56. The highest BCUT2D eigenvalue weighted by Gasteiger charge is 2.28. The second-order valence-corrected chi connectivity index (χ2v) is 6.43. The number of carbonyl (C=O) groups excluding carboxylic acids is 1. The van der Waals surface area contributed by atoms with Crippen LogP contribution in [0.5, 0.6) is 5.75 Å². The summed E-state index contributed by atoms with van der Waals surface area (Å²) in [5.41, 5.74) is 1.71. The summed E-state index contributed by atoms with van der Waals surface area (Å²) in [7, 11) is 0. The molecule has 2 aliphatic rings. The molecule has 1 aromatic heterocycles. The van der Waals surface area contributed by atoms with Crippen LogP contribution in [-0.4, -0.2) is 40.1 Å². The van der Waals surface area contributed by atoms with Gasteiger partial charge >= 0.3 is 0 Å². The molecule has 0 saturated carbocycles. The van der Waals surface area contributed by atoms with Gasteiger partial charge in [-0.1, -0.05) is 18.2 Å². The van der Waals surface area contributed by atoms with Gasteiger partial charge in [-0.2, -0.15) is 0 Å². The van der Waals surface area contributed by atoms with E-state index in [9.17, 15) is 4.79 Å². The van der Waals surface area contributed by atoms with E-state index in [1.54, 1.807) is 0 Å². The van der Waals surface area contributed by atoms with E-state index in [0.29, 0.717) is 12.6 Å². The van der Waals surface area contributed by atoms with Gasteiger partial charge in [0.2, 0.25) is 0 Å². The molecular weight excluding hydrogens is 302 g/mol. The van der Waals surface area contributed by atoms with Crippen LogP contribution in [0.4, 0.5) is 0 Å². The van der Waals surface area contributed by atoms with E-state index >= 15 is 0 Å². The van der Waals surface area contributed by atoms with Crippen LogP contribution in [0.25, 0.3) is 6.08 Å². The Balaban J connectivity index is 1.53. The summed E-state index contributed by atoms with van der Waals surface area (Å²) in [5, 5.41) is 0. The Kier molecular flexibility index (Phi) is 3.84. The van der Waals surface area contributed by atoms with Crippen LogP contribution in [-0.2, 0) is 4.79 Å². The smallest absolute Gasteiger partial charge is 0.253 e. The highest BCUT2D eigenvalue weighted by molar-refractivity contribution is 5.99. The topological polar surface area (TPSA) is 47.4 Å². The number of imidazole rings is 1. The number of piperidine rings is 1. The van der Waals surface area contributed by atoms with Gasteiger partial charge in [-0.25, -0.2) is 4.98 Å². The fraction of sp³-hybridized carbons (Fsp3) is 0.368. The van der Waals surface area contributed by atoms with E-state index in [2.05, 4.69) is 9.55 Å². The molecule has 24 heavy (non-hydrogen) atoms. The van der Waals surface area contributed by atoms with Crippen molar-refractivity contribution in [1.29, 1.82) is 0 Å². The molecule has 1 fully saturated rings. The average molecular weight is 323 g/mol. The zero-order chi connectivity index (χ0) is 16.5. The largest absolute Gasteiger partial charge is 0.488 e. The van der Waals surface area contributed by atoms with Gasteiger partial charge in [-0.3, -0.25) is 4.79 Å². The third-order valence-corrected chi connectivity index (χ3v) is 4.85. The molecule has 3 heterocycles. The summed E-state index contributed by atoms with van der Waals surface area (Å²) in [6.07, 6.45) is 7.89. The molecule has 0 bridgehead atoms. The molecular formula is C19H21N3O2. The molecule has 5 nitrogen and oxygen atoms in total. The number of nitrogens with zero attached hydrogens (tertiary/aromatic N) is 3. The van der Waals surface area contributed by atoms with E-state index in [4.69, 9.17) is 4.74 Å². The van der Waals surface area contributed by atoms with Crippen molar-refractivity contribution in [3.8, 4) is 5.75 Å². The monoisotopic (exact) mass is 323 g/mol. The molecule has 124 valence electrons. The maximum atomic E-state index is 12.9.